The predicted octanol–water partition coefficient (Wildman–Crippen LogP) is 3.06. The summed E-state index contributed by atoms with van der Waals surface area (Å²) in [6, 6.07) is 8.62. The molecule has 0 saturated heterocycles. The van der Waals surface area contributed by atoms with E-state index in [9.17, 15) is 18.0 Å². The van der Waals surface area contributed by atoms with Gasteiger partial charge >= 0.3 is 6.18 Å². The molecule has 0 spiro atoms. The molecule has 0 saturated carbocycles. The lowest BCUT2D eigenvalue weighted by atomic mass is 10.1. The summed E-state index contributed by atoms with van der Waals surface area (Å²) in [6.45, 7) is 0. The van der Waals surface area contributed by atoms with Gasteiger partial charge in [0.1, 0.15) is 5.76 Å². The van der Waals surface area contributed by atoms with Crippen LogP contribution < -0.4 is 5.73 Å². The Kier molecular flexibility index (Phi) is 2.86. The fourth-order valence-corrected chi connectivity index (χ4v) is 1.52. The number of primary amides is 1. The highest BCUT2D eigenvalue weighted by molar-refractivity contribution is 5.98. The summed E-state index contributed by atoms with van der Waals surface area (Å²) in [6.07, 6.45) is -4.66. The van der Waals surface area contributed by atoms with Gasteiger partial charge in [-0.15, -0.1) is 0 Å². The summed E-state index contributed by atoms with van der Waals surface area (Å²) < 4.78 is 42.2. The van der Waals surface area contributed by atoms with Crippen LogP contribution in [0.15, 0.2) is 40.8 Å². The van der Waals surface area contributed by atoms with Crippen molar-refractivity contribution in [2.45, 2.75) is 6.18 Å². The van der Waals surface area contributed by atoms with E-state index in [1.54, 1.807) is 18.2 Å². The lowest BCUT2D eigenvalue weighted by Gasteiger charge is -2.01. The maximum Gasteiger partial charge on any atom is 0.449 e. The molecule has 6 heteroatoms. The average molecular weight is 255 g/mol. The van der Waals surface area contributed by atoms with Crippen LogP contribution >= 0.6 is 0 Å². The quantitative estimate of drug-likeness (QED) is 0.896. The van der Waals surface area contributed by atoms with Crippen LogP contribution in [-0.2, 0) is 6.18 Å². The number of furan rings is 1. The number of carbonyl (C=O) groups excluding carboxylic acids is 1. The van der Waals surface area contributed by atoms with Gasteiger partial charge in [0, 0.05) is 11.6 Å². The fourth-order valence-electron chi connectivity index (χ4n) is 1.52. The maximum absolute atomic E-state index is 12.5. The van der Waals surface area contributed by atoms with Gasteiger partial charge in [-0.2, -0.15) is 13.2 Å². The van der Waals surface area contributed by atoms with E-state index in [-0.39, 0.29) is 11.3 Å². The first-order valence-electron chi connectivity index (χ1n) is 4.96. The molecule has 0 aliphatic heterocycles. The van der Waals surface area contributed by atoms with Crippen molar-refractivity contribution in [3.05, 3.63) is 47.7 Å². The Morgan fingerprint density at radius 3 is 2.28 bits per heavy atom. The zero-order valence-corrected chi connectivity index (χ0v) is 8.99. The highest BCUT2D eigenvalue weighted by Gasteiger charge is 2.37. The topological polar surface area (TPSA) is 56.2 Å². The van der Waals surface area contributed by atoms with Crippen LogP contribution in [0.2, 0.25) is 0 Å². The second-order valence-electron chi connectivity index (χ2n) is 3.58. The monoisotopic (exact) mass is 255 g/mol. The molecule has 18 heavy (non-hydrogen) atoms. The van der Waals surface area contributed by atoms with Crippen LogP contribution in [0.25, 0.3) is 11.3 Å². The van der Waals surface area contributed by atoms with Crippen molar-refractivity contribution in [3.63, 3.8) is 0 Å². The Hall–Kier alpha value is -2.24. The van der Waals surface area contributed by atoms with Crippen LogP contribution in [0.1, 0.15) is 16.1 Å². The van der Waals surface area contributed by atoms with Gasteiger partial charge in [0.25, 0.3) is 5.91 Å². The summed E-state index contributed by atoms with van der Waals surface area (Å²) in [7, 11) is 0. The van der Waals surface area contributed by atoms with E-state index in [0.717, 1.165) is 0 Å². The molecule has 2 rings (SSSR count). The second-order valence-corrected chi connectivity index (χ2v) is 3.58. The molecule has 1 amide bonds. The number of hydrogen-bond donors (Lipinski definition) is 1. The summed E-state index contributed by atoms with van der Waals surface area (Å²) >= 11 is 0. The molecule has 1 aromatic carbocycles. The van der Waals surface area contributed by atoms with Gasteiger partial charge in [-0.3, -0.25) is 4.79 Å². The van der Waals surface area contributed by atoms with E-state index >= 15 is 0 Å². The van der Waals surface area contributed by atoms with E-state index in [1.165, 1.54) is 12.1 Å². The third-order valence-corrected chi connectivity index (χ3v) is 2.31. The van der Waals surface area contributed by atoms with E-state index < -0.39 is 17.8 Å². The zero-order chi connectivity index (χ0) is 13.3. The minimum atomic E-state index is -4.66. The number of carbonyl (C=O) groups is 1. The number of hydrogen-bond acceptors (Lipinski definition) is 2. The van der Waals surface area contributed by atoms with E-state index in [1.807, 2.05) is 0 Å². The number of halogens is 3. The van der Waals surface area contributed by atoms with Gasteiger partial charge in [0.05, 0.1) is 5.56 Å². The molecule has 0 aliphatic carbocycles. The molecule has 2 N–H and O–H groups in total. The van der Waals surface area contributed by atoms with E-state index in [0.29, 0.717) is 11.6 Å². The van der Waals surface area contributed by atoms with Gasteiger partial charge in [-0.05, 0) is 0 Å². The molecule has 1 heterocycles. The molecule has 3 nitrogen and oxygen atoms in total. The number of rotatable bonds is 2. The standard InChI is InChI=1S/C12H8F3NO2/c13-12(14,15)9-6-8(11(16)17)10(18-9)7-4-2-1-3-5-7/h1-6H,(H2,16,17). The van der Waals surface area contributed by atoms with Gasteiger partial charge in [-0.1, -0.05) is 30.3 Å². The molecular formula is C12H8F3NO2. The van der Waals surface area contributed by atoms with Crippen molar-refractivity contribution >= 4 is 5.91 Å². The molecule has 1 aromatic heterocycles. The van der Waals surface area contributed by atoms with Crippen LogP contribution in [0.4, 0.5) is 13.2 Å². The lowest BCUT2D eigenvalue weighted by Crippen LogP contribution is -2.11. The number of amides is 1. The van der Waals surface area contributed by atoms with E-state index in [2.05, 4.69) is 0 Å². The summed E-state index contributed by atoms with van der Waals surface area (Å²) in [5.41, 5.74) is 5.12. The Balaban J connectivity index is 2.60. The van der Waals surface area contributed by atoms with Gasteiger partial charge in [-0.25, -0.2) is 0 Å². The van der Waals surface area contributed by atoms with Crippen molar-refractivity contribution < 1.29 is 22.4 Å². The molecular weight excluding hydrogens is 247 g/mol. The third kappa shape index (κ3) is 2.22. The number of alkyl halides is 3. The van der Waals surface area contributed by atoms with Gasteiger partial charge < -0.3 is 10.2 Å². The van der Waals surface area contributed by atoms with Crippen molar-refractivity contribution in [3.8, 4) is 11.3 Å². The molecule has 0 aliphatic rings. The van der Waals surface area contributed by atoms with Crippen molar-refractivity contribution in [1.29, 1.82) is 0 Å². The minimum absolute atomic E-state index is 0.171. The van der Waals surface area contributed by atoms with Crippen LogP contribution in [-0.4, -0.2) is 5.91 Å². The Morgan fingerprint density at radius 1 is 1.17 bits per heavy atom. The van der Waals surface area contributed by atoms with Crippen molar-refractivity contribution in [1.82, 2.24) is 0 Å². The number of benzene rings is 1. The van der Waals surface area contributed by atoms with Crippen LogP contribution in [0.5, 0.6) is 0 Å². The summed E-state index contributed by atoms with van der Waals surface area (Å²) in [4.78, 5) is 11.1. The Morgan fingerprint density at radius 2 is 1.78 bits per heavy atom. The lowest BCUT2D eigenvalue weighted by molar-refractivity contribution is -0.152. The summed E-state index contributed by atoms with van der Waals surface area (Å²) in [5, 5.41) is 0. The first-order chi connectivity index (χ1) is 8.39. The molecule has 2 aromatic rings. The van der Waals surface area contributed by atoms with Gasteiger partial charge in [0.2, 0.25) is 5.76 Å². The average Bonchev–Trinajstić information content (AvgIpc) is 2.74. The molecule has 0 bridgehead atoms. The second kappa shape index (κ2) is 4.21. The highest BCUT2D eigenvalue weighted by atomic mass is 19.4. The molecule has 0 atom stereocenters. The van der Waals surface area contributed by atoms with Gasteiger partial charge in [0.15, 0.2) is 0 Å². The fraction of sp³-hybridized carbons (Fsp3) is 0.0833. The first-order valence-corrected chi connectivity index (χ1v) is 4.96. The van der Waals surface area contributed by atoms with Crippen molar-refractivity contribution in [2.75, 3.05) is 0 Å². The molecule has 94 valence electrons. The molecule has 0 radical (unpaired) electrons. The predicted molar refractivity (Wildman–Crippen MR) is 57.7 cm³/mol. The first kappa shape index (κ1) is 12.2. The largest absolute Gasteiger partial charge is 0.451 e. The highest BCUT2D eigenvalue weighted by Crippen LogP contribution is 2.36. The normalized spacial score (nSPS) is 11.5. The minimum Gasteiger partial charge on any atom is -0.451 e. The third-order valence-electron chi connectivity index (χ3n) is 2.31. The van der Waals surface area contributed by atoms with Crippen molar-refractivity contribution in [2.24, 2.45) is 5.73 Å². The smallest absolute Gasteiger partial charge is 0.449 e. The molecule has 0 fully saturated rings. The number of nitrogens with two attached hydrogens (primary N) is 1. The maximum atomic E-state index is 12.5. The Labute approximate surface area is 100 Å². The van der Waals surface area contributed by atoms with Crippen LogP contribution in [0.3, 0.4) is 0 Å². The zero-order valence-electron chi connectivity index (χ0n) is 8.99. The van der Waals surface area contributed by atoms with E-state index in [4.69, 9.17) is 10.2 Å². The SMILES string of the molecule is NC(=O)c1cc(C(F)(F)F)oc1-c1ccccc1. The molecule has 0 unspecified atom stereocenters. The van der Waals surface area contributed by atoms with Crippen LogP contribution in [0, 0.1) is 0 Å². The Bertz CT molecular complexity index is 573. The summed E-state index contributed by atoms with van der Waals surface area (Å²) in [5.74, 6) is -2.38.